The fourth-order valence-electron chi connectivity index (χ4n) is 3.20. The number of carbonyl (C=O) groups excluding carboxylic acids is 1. The molecule has 0 radical (unpaired) electrons. The van der Waals surface area contributed by atoms with Gasteiger partial charge in [0.05, 0.1) is 25.7 Å². The number of nitrogens with zero attached hydrogens (tertiary/aromatic N) is 3. The maximum atomic E-state index is 12.3. The molecule has 0 saturated carbocycles. The topological polar surface area (TPSA) is 77.7 Å². The molecule has 0 spiro atoms. The lowest BCUT2D eigenvalue weighted by Crippen LogP contribution is -2.39. The minimum Gasteiger partial charge on any atom is -0.378 e. The molecule has 0 N–H and O–H groups in total. The van der Waals surface area contributed by atoms with E-state index in [0.29, 0.717) is 32.1 Å². The standard InChI is InChI=1S/C16H25N3O4/c1-12-17-16(18-23-12)13-4-2-7-19(10-13)15(20)6-9-21-11-14-5-3-8-22-14/h13-14H,2-11H2,1H3/t13-,14+/m0/s1. The molecule has 7 nitrogen and oxygen atoms in total. The van der Waals surface area contributed by atoms with Crippen LogP contribution in [0.25, 0.3) is 0 Å². The highest BCUT2D eigenvalue weighted by atomic mass is 16.5. The van der Waals surface area contributed by atoms with E-state index in [2.05, 4.69) is 10.1 Å². The van der Waals surface area contributed by atoms with Gasteiger partial charge in [-0.15, -0.1) is 0 Å². The van der Waals surface area contributed by atoms with Gasteiger partial charge in [-0.2, -0.15) is 4.98 Å². The fourth-order valence-corrected chi connectivity index (χ4v) is 3.20. The Balaban J connectivity index is 1.40. The van der Waals surface area contributed by atoms with Crippen LogP contribution in [0.2, 0.25) is 0 Å². The average molecular weight is 323 g/mol. The summed E-state index contributed by atoms with van der Waals surface area (Å²) in [6, 6.07) is 0. The van der Waals surface area contributed by atoms with Crippen molar-refractivity contribution in [2.75, 3.05) is 32.9 Å². The molecule has 3 rings (SSSR count). The second-order valence-electron chi connectivity index (χ2n) is 6.31. The number of carbonyl (C=O) groups is 1. The van der Waals surface area contributed by atoms with E-state index in [9.17, 15) is 4.79 Å². The third-order valence-electron chi connectivity index (χ3n) is 4.47. The number of ether oxygens (including phenoxy) is 2. The maximum absolute atomic E-state index is 12.3. The summed E-state index contributed by atoms with van der Waals surface area (Å²) in [4.78, 5) is 18.5. The number of hydrogen-bond donors (Lipinski definition) is 0. The Kier molecular flexibility index (Phi) is 5.61. The van der Waals surface area contributed by atoms with Crippen LogP contribution in [0.5, 0.6) is 0 Å². The van der Waals surface area contributed by atoms with E-state index in [1.165, 1.54) is 0 Å². The van der Waals surface area contributed by atoms with Gasteiger partial charge in [0.2, 0.25) is 11.8 Å². The lowest BCUT2D eigenvalue weighted by Gasteiger charge is -2.31. The van der Waals surface area contributed by atoms with Crippen molar-refractivity contribution in [1.29, 1.82) is 0 Å². The molecule has 2 aliphatic rings. The van der Waals surface area contributed by atoms with Crippen LogP contribution in [0.15, 0.2) is 4.52 Å². The van der Waals surface area contributed by atoms with E-state index < -0.39 is 0 Å². The number of amides is 1. The Labute approximate surface area is 136 Å². The van der Waals surface area contributed by atoms with Crippen LogP contribution in [0.3, 0.4) is 0 Å². The minimum atomic E-state index is 0.141. The largest absolute Gasteiger partial charge is 0.378 e. The Bertz CT molecular complexity index is 513. The molecule has 0 aromatic carbocycles. The van der Waals surface area contributed by atoms with Gasteiger partial charge in [-0.1, -0.05) is 5.16 Å². The zero-order valence-corrected chi connectivity index (χ0v) is 13.7. The molecule has 2 fully saturated rings. The van der Waals surface area contributed by atoms with E-state index >= 15 is 0 Å². The van der Waals surface area contributed by atoms with Crippen molar-refractivity contribution in [3.8, 4) is 0 Å². The highest BCUT2D eigenvalue weighted by molar-refractivity contribution is 5.76. The monoisotopic (exact) mass is 323 g/mol. The van der Waals surface area contributed by atoms with Gasteiger partial charge in [0.1, 0.15) is 0 Å². The van der Waals surface area contributed by atoms with E-state index in [0.717, 1.165) is 44.7 Å². The van der Waals surface area contributed by atoms with Gasteiger partial charge in [-0.3, -0.25) is 4.79 Å². The third kappa shape index (κ3) is 4.51. The zero-order valence-electron chi connectivity index (χ0n) is 13.7. The van der Waals surface area contributed by atoms with E-state index in [-0.39, 0.29) is 17.9 Å². The van der Waals surface area contributed by atoms with Gasteiger partial charge in [0.25, 0.3) is 0 Å². The fraction of sp³-hybridized carbons (Fsp3) is 0.812. The molecule has 1 aromatic rings. The van der Waals surface area contributed by atoms with Gasteiger partial charge >= 0.3 is 0 Å². The molecular weight excluding hydrogens is 298 g/mol. The predicted octanol–water partition coefficient (Wildman–Crippen LogP) is 1.67. The van der Waals surface area contributed by atoms with Crippen molar-refractivity contribution < 1.29 is 18.8 Å². The van der Waals surface area contributed by atoms with Gasteiger partial charge < -0.3 is 18.9 Å². The van der Waals surface area contributed by atoms with Gasteiger partial charge in [-0.25, -0.2) is 0 Å². The molecule has 3 heterocycles. The Hall–Kier alpha value is -1.47. The number of likely N-dealkylation sites (tertiary alicyclic amines) is 1. The van der Waals surface area contributed by atoms with Crippen molar-refractivity contribution in [2.24, 2.45) is 0 Å². The molecule has 2 saturated heterocycles. The molecule has 1 aromatic heterocycles. The van der Waals surface area contributed by atoms with E-state index in [4.69, 9.17) is 14.0 Å². The van der Waals surface area contributed by atoms with Gasteiger partial charge in [0, 0.05) is 32.5 Å². The second-order valence-corrected chi connectivity index (χ2v) is 6.31. The molecular formula is C16H25N3O4. The number of aromatic nitrogens is 2. The summed E-state index contributed by atoms with van der Waals surface area (Å²) in [5, 5.41) is 3.99. The average Bonchev–Trinajstić information content (AvgIpc) is 3.23. The molecule has 7 heteroatoms. The summed E-state index contributed by atoms with van der Waals surface area (Å²) in [5.74, 6) is 1.61. The van der Waals surface area contributed by atoms with Crippen LogP contribution in [0.1, 0.15) is 49.7 Å². The minimum absolute atomic E-state index is 0.141. The zero-order chi connectivity index (χ0) is 16.1. The van der Waals surface area contributed by atoms with Gasteiger partial charge in [-0.05, 0) is 25.7 Å². The third-order valence-corrected chi connectivity index (χ3v) is 4.47. The Morgan fingerprint density at radius 1 is 1.39 bits per heavy atom. The first-order valence-corrected chi connectivity index (χ1v) is 8.49. The molecule has 2 aliphatic heterocycles. The van der Waals surface area contributed by atoms with Crippen molar-refractivity contribution in [2.45, 2.75) is 51.0 Å². The normalized spacial score (nSPS) is 25.0. The second kappa shape index (κ2) is 7.88. The molecule has 23 heavy (non-hydrogen) atoms. The smallest absolute Gasteiger partial charge is 0.224 e. The number of aryl methyl sites for hydroxylation is 1. The Morgan fingerprint density at radius 3 is 3.04 bits per heavy atom. The number of piperidine rings is 1. The molecule has 0 unspecified atom stereocenters. The van der Waals surface area contributed by atoms with Crippen molar-refractivity contribution in [1.82, 2.24) is 15.0 Å². The lowest BCUT2D eigenvalue weighted by atomic mass is 9.97. The first-order chi connectivity index (χ1) is 11.2. The van der Waals surface area contributed by atoms with Crippen LogP contribution in [-0.4, -0.2) is 60.0 Å². The van der Waals surface area contributed by atoms with Crippen molar-refractivity contribution >= 4 is 5.91 Å². The van der Waals surface area contributed by atoms with Crippen molar-refractivity contribution in [3.63, 3.8) is 0 Å². The predicted molar refractivity (Wildman–Crippen MR) is 82.0 cm³/mol. The Morgan fingerprint density at radius 2 is 2.30 bits per heavy atom. The molecule has 0 aliphatic carbocycles. The van der Waals surface area contributed by atoms with Crippen LogP contribution < -0.4 is 0 Å². The number of rotatable bonds is 6. The summed E-state index contributed by atoms with van der Waals surface area (Å²) in [7, 11) is 0. The van der Waals surface area contributed by atoms with Crippen molar-refractivity contribution in [3.05, 3.63) is 11.7 Å². The maximum Gasteiger partial charge on any atom is 0.224 e. The SMILES string of the molecule is Cc1nc([C@H]2CCCN(C(=O)CCOC[C@H]3CCCO3)C2)no1. The van der Waals surface area contributed by atoms with Crippen LogP contribution in [0, 0.1) is 6.92 Å². The summed E-state index contributed by atoms with van der Waals surface area (Å²) in [5.41, 5.74) is 0. The summed E-state index contributed by atoms with van der Waals surface area (Å²) >= 11 is 0. The summed E-state index contributed by atoms with van der Waals surface area (Å²) in [6.45, 7) is 5.14. The molecule has 1 amide bonds. The highest BCUT2D eigenvalue weighted by Crippen LogP contribution is 2.25. The van der Waals surface area contributed by atoms with Crippen LogP contribution >= 0.6 is 0 Å². The van der Waals surface area contributed by atoms with Gasteiger partial charge in [0.15, 0.2) is 5.82 Å². The first-order valence-electron chi connectivity index (χ1n) is 8.49. The van der Waals surface area contributed by atoms with Crippen LogP contribution in [0.4, 0.5) is 0 Å². The molecule has 128 valence electrons. The summed E-state index contributed by atoms with van der Waals surface area (Å²) < 4.78 is 16.1. The van der Waals surface area contributed by atoms with E-state index in [1.807, 2.05) is 4.90 Å². The summed E-state index contributed by atoms with van der Waals surface area (Å²) in [6.07, 6.45) is 4.78. The van der Waals surface area contributed by atoms with Crippen LogP contribution in [-0.2, 0) is 14.3 Å². The quantitative estimate of drug-likeness (QED) is 0.741. The molecule has 2 atom stereocenters. The lowest BCUT2D eigenvalue weighted by molar-refractivity contribution is -0.133. The highest BCUT2D eigenvalue weighted by Gasteiger charge is 2.27. The van der Waals surface area contributed by atoms with E-state index in [1.54, 1.807) is 6.92 Å². The first kappa shape index (κ1) is 16.4. The molecule has 0 bridgehead atoms. The number of hydrogen-bond acceptors (Lipinski definition) is 6.